The third-order valence-corrected chi connectivity index (χ3v) is 3.74. The van der Waals surface area contributed by atoms with Gasteiger partial charge in [0, 0.05) is 0 Å². The summed E-state index contributed by atoms with van der Waals surface area (Å²) >= 11 is 0. The van der Waals surface area contributed by atoms with Crippen molar-refractivity contribution in [1.82, 2.24) is 5.32 Å². The Hall–Kier alpha value is -1.62. The number of carbonyl (C=O) groups excluding carboxylic acids is 1. The first-order valence-corrected chi connectivity index (χ1v) is 6.27. The minimum Gasteiger partial charge on any atom is -0.494 e. The van der Waals surface area contributed by atoms with E-state index in [0.717, 1.165) is 0 Å². The maximum Gasteiger partial charge on any atom is 0.316 e. The molecule has 1 aliphatic rings. The van der Waals surface area contributed by atoms with E-state index in [9.17, 15) is 9.18 Å². The van der Waals surface area contributed by atoms with Gasteiger partial charge in [-0.15, -0.1) is 0 Å². The lowest BCUT2D eigenvalue weighted by atomic mass is 9.73. The Balaban J connectivity index is 2.43. The topological polar surface area (TPSA) is 47.6 Å². The van der Waals surface area contributed by atoms with Gasteiger partial charge in [0.25, 0.3) is 0 Å². The van der Waals surface area contributed by atoms with Gasteiger partial charge in [-0.3, -0.25) is 4.79 Å². The van der Waals surface area contributed by atoms with E-state index < -0.39 is 11.2 Å². The molecule has 1 aromatic rings. The molecule has 1 heterocycles. The Morgan fingerprint density at radius 2 is 2.00 bits per heavy atom. The van der Waals surface area contributed by atoms with Gasteiger partial charge in [0.05, 0.1) is 19.6 Å². The molecule has 0 aromatic heterocycles. The predicted octanol–water partition coefficient (Wildman–Crippen LogP) is 1.63. The number of nitrogens with one attached hydrogen (secondary N) is 1. The molecule has 1 aliphatic heterocycles. The highest BCUT2D eigenvalue weighted by Crippen LogP contribution is 2.36. The van der Waals surface area contributed by atoms with E-state index in [2.05, 4.69) is 5.32 Å². The van der Waals surface area contributed by atoms with Gasteiger partial charge in [-0.25, -0.2) is 4.39 Å². The number of hydrogen-bond donors (Lipinski definition) is 1. The maximum absolute atomic E-state index is 13.9. The summed E-state index contributed by atoms with van der Waals surface area (Å²) < 4.78 is 23.7. The second-order valence-electron chi connectivity index (χ2n) is 4.67. The highest BCUT2D eigenvalue weighted by Gasteiger charge is 2.42. The zero-order valence-corrected chi connectivity index (χ0v) is 11.2. The Kier molecular flexibility index (Phi) is 4.04. The number of ether oxygens (including phenoxy) is 2. The monoisotopic (exact) mass is 267 g/mol. The van der Waals surface area contributed by atoms with Crippen molar-refractivity contribution in [2.45, 2.75) is 18.3 Å². The Bertz CT molecular complexity index is 470. The van der Waals surface area contributed by atoms with Crippen LogP contribution < -0.4 is 10.1 Å². The number of methoxy groups -OCH3 is 2. The molecule has 0 bridgehead atoms. The minimum atomic E-state index is -0.757. The van der Waals surface area contributed by atoms with Crippen LogP contribution in [0.4, 0.5) is 4.39 Å². The van der Waals surface area contributed by atoms with Crippen molar-refractivity contribution in [2.75, 3.05) is 27.3 Å². The molecular weight excluding hydrogens is 249 g/mol. The van der Waals surface area contributed by atoms with Gasteiger partial charge in [-0.2, -0.15) is 0 Å². The van der Waals surface area contributed by atoms with Crippen LogP contribution in [0.3, 0.4) is 0 Å². The van der Waals surface area contributed by atoms with E-state index in [4.69, 9.17) is 9.47 Å². The Morgan fingerprint density at radius 1 is 1.32 bits per heavy atom. The number of carbonyl (C=O) groups is 1. The number of rotatable bonds is 3. The van der Waals surface area contributed by atoms with E-state index >= 15 is 0 Å². The maximum atomic E-state index is 13.9. The predicted molar refractivity (Wildman–Crippen MR) is 68.7 cm³/mol. The standard InChI is InChI=1S/C14H18FNO3/c1-18-12-4-3-10(9-11(12)15)14(13(17)19-2)5-7-16-8-6-14/h3-4,9,16H,5-8H2,1-2H3. The van der Waals surface area contributed by atoms with Gasteiger partial charge in [0.15, 0.2) is 11.6 Å². The largest absolute Gasteiger partial charge is 0.494 e. The molecule has 0 unspecified atom stereocenters. The van der Waals surface area contributed by atoms with Crippen LogP contribution in [-0.2, 0) is 14.9 Å². The van der Waals surface area contributed by atoms with Gasteiger partial charge in [0.2, 0.25) is 0 Å². The minimum absolute atomic E-state index is 0.178. The molecule has 1 N–H and O–H groups in total. The lowest BCUT2D eigenvalue weighted by Gasteiger charge is -2.35. The van der Waals surface area contributed by atoms with Crippen molar-refractivity contribution < 1.29 is 18.7 Å². The molecule has 1 fully saturated rings. The van der Waals surface area contributed by atoms with Crippen LogP contribution in [0.25, 0.3) is 0 Å². The molecule has 19 heavy (non-hydrogen) atoms. The van der Waals surface area contributed by atoms with E-state index in [-0.39, 0.29) is 11.7 Å². The number of piperidine rings is 1. The normalized spacial score (nSPS) is 17.8. The van der Waals surface area contributed by atoms with E-state index in [0.29, 0.717) is 31.5 Å². The fraction of sp³-hybridized carbons (Fsp3) is 0.500. The van der Waals surface area contributed by atoms with Gasteiger partial charge < -0.3 is 14.8 Å². The van der Waals surface area contributed by atoms with Crippen molar-refractivity contribution in [3.05, 3.63) is 29.6 Å². The summed E-state index contributed by atoms with van der Waals surface area (Å²) in [5, 5.41) is 3.20. The molecule has 104 valence electrons. The van der Waals surface area contributed by atoms with Crippen LogP contribution >= 0.6 is 0 Å². The summed E-state index contributed by atoms with van der Waals surface area (Å²) in [5.74, 6) is -0.585. The number of esters is 1. The van der Waals surface area contributed by atoms with Crippen molar-refractivity contribution in [2.24, 2.45) is 0 Å². The zero-order chi connectivity index (χ0) is 13.9. The number of benzene rings is 1. The second-order valence-corrected chi connectivity index (χ2v) is 4.67. The van der Waals surface area contributed by atoms with Crippen molar-refractivity contribution in [1.29, 1.82) is 0 Å². The Morgan fingerprint density at radius 3 is 2.53 bits per heavy atom. The SMILES string of the molecule is COC(=O)C1(c2ccc(OC)c(F)c2)CCNCC1. The summed E-state index contributed by atoms with van der Waals surface area (Å²) in [7, 11) is 2.78. The molecule has 5 heteroatoms. The fourth-order valence-electron chi connectivity index (χ4n) is 2.62. The van der Waals surface area contributed by atoms with E-state index in [1.807, 2.05) is 0 Å². The molecule has 2 rings (SSSR count). The summed E-state index contributed by atoms with van der Waals surface area (Å²) in [6.07, 6.45) is 1.21. The number of hydrogen-bond acceptors (Lipinski definition) is 4. The van der Waals surface area contributed by atoms with Gasteiger partial charge >= 0.3 is 5.97 Å². The second kappa shape index (κ2) is 5.57. The lowest BCUT2D eigenvalue weighted by molar-refractivity contribution is -0.148. The lowest BCUT2D eigenvalue weighted by Crippen LogP contribution is -2.46. The first-order chi connectivity index (χ1) is 9.14. The smallest absolute Gasteiger partial charge is 0.316 e. The van der Waals surface area contributed by atoms with Crippen LogP contribution in [-0.4, -0.2) is 33.3 Å². The van der Waals surface area contributed by atoms with Crippen LogP contribution in [0.5, 0.6) is 5.75 Å². The molecule has 0 spiro atoms. The van der Waals surface area contributed by atoms with Crippen LogP contribution in [0.2, 0.25) is 0 Å². The quantitative estimate of drug-likeness (QED) is 0.846. The number of halogens is 1. The summed E-state index contributed by atoms with van der Waals surface area (Å²) in [5.41, 5.74) is -0.105. The fourth-order valence-corrected chi connectivity index (χ4v) is 2.62. The highest BCUT2D eigenvalue weighted by molar-refractivity contribution is 5.83. The van der Waals surface area contributed by atoms with Crippen LogP contribution in [0.15, 0.2) is 18.2 Å². The molecule has 0 aliphatic carbocycles. The highest BCUT2D eigenvalue weighted by atomic mass is 19.1. The molecule has 0 radical (unpaired) electrons. The van der Waals surface area contributed by atoms with Crippen molar-refractivity contribution in [3.8, 4) is 5.75 Å². The average Bonchev–Trinajstić information content (AvgIpc) is 2.47. The van der Waals surface area contributed by atoms with E-state index in [1.54, 1.807) is 12.1 Å². The summed E-state index contributed by atoms with van der Waals surface area (Å²) in [6.45, 7) is 1.42. The van der Waals surface area contributed by atoms with Crippen LogP contribution in [0, 0.1) is 5.82 Å². The van der Waals surface area contributed by atoms with Gasteiger partial charge in [0.1, 0.15) is 0 Å². The summed E-state index contributed by atoms with van der Waals surface area (Å²) in [6, 6.07) is 4.67. The summed E-state index contributed by atoms with van der Waals surface area (Å²) in [4.78, 5) is 12.2. The van der Waals surface area contributed by atoms with Gasteiger partial charge in [-0.05, 0) is 43.6 Å². The van der Waals surface area contributed by atoms with E-state index in [1.165, 1.54) is 20.3 Å². The Labute approximate surface area is 111 Å². The van der Waals surface area contributed by atoms with Gasteiger partial charge in [-0.1, -0.05) is 6.07 Å². The molecule has 1 aromatic carbocycles. The molecule has 0 amide bonds. The first kappa shape index (κ1) is 13.8. The molecular formula is C14H18FNO3. The van der Waals surface area contributed by atoms with Crippen molar-refractivity contribution in [3.63, 3.8) is 0 Å². The molecule has 4 nitrogen and oxygen atoms in total. The third-order valence-electron chi connectivity index (χ3n) is 3.74. The average molecular weight is 267 g/mol. The molecule has 0 atom stereocenters. The van der Waals surface area contributed by atoms with Crippen molar-refractivity contribution >= 4 is 5.97 Å². The molecule has 1 saturated heterocycles. The molecule has 0 saturated carbocycles. The van der Waals surface area contributed by atoms with Crippen LogP contribution in [0.1, 0.15) is 18.4 Å². The third kappa shape index (κ3) is 2.42. The first-order valence-electron chi connectivity index (χ1n) is 6.27. The zero-order valence-electron chi connectivity index (χ0n) is 11.2.